The van der Waals surface area contributed by atoms with Crippen LogP contribution in [0.2, 0.25) is 0 Å². The third-order valence-corrected chi connectivity index (χ3v) is 4.91. The smallest absolute Gasteiger partial charge is 0.224 e. The molecule has 1 N–H and O–H groups in total. The summed E-state index contributed by atoms with van der Waals surface area (Å²) >= 11 is 1.72. The number of benzene rings is 2. The number of amides is 1. The van der Waals surface area contributed by atoms with E-state index in [1.165, 1.54) is 11.6 Å². The molecule has 4 heteroatoms. The lowest BCUT2D eigenvalue weighted by Gasteiger charge is -2.12. The molecule has 0 bridgehead atoms. The molecule has 0 saturated carbocycles. The monoisotopic (exact) mass is 345 g/mol. The van der Waals surface area contributed by atoms with Gasteiger partial charge in [0, 0.05) is 17.9 Å². The minimum absolute atomic E-state index is 0.0522. The van der Waals surface area contributed by atoms with Crippen LogP contribution in [0.3, 0.4) is 0 Å². The number of thioether (sulfide) groups is 1. The first-order valence-electron chi connectivity index (χ1n) is 8.15. The minimum Gasteiger partial charge on any atom is -0.326 e. The van der Waals surface area contributed by atoms with Gasteiger partial charge in [0.1, 0.15) is 5.82 Å². The number of carbonyl (C=O) groups excluding carboxylic acids is 1. The third-order valence-electron chi connectivity index (χ3n) is 3.79. The lowest BCUT2D eigenvalue weighted by molar-refractivity contribution is -0.116. The van der Waals surface area contributed by atoms with Crippen LogP contribution < -0.4 is 5.32 Å². The Morgan fingerprint density at radius 3 is 2.50 bits per heavy atom. The largest absolute Gasteiger partial charge is 0.326 e. The first kappa shape index (κ1) is 18.5. The second-order valence-electron chi connectivity index (χ2n) is 6.11. The van der Waals surface area contributed by atoms with Crippen LogP contribution in [0, 0.1) is 26.6 Å². The van der Waals surface area contributed by atoms with Crippen molar-refractivity contribution in [2.45, 2.75) is 39.4 Å². The molecule has 0 radical (unpaired) electrons. The number of halogens is 1. The van der Waals surface area contributed by atoms with Gasteiger partial charge < -0.3 is 5.32 Å². The maximum atomic E-state index is 13.1. The summed E-state index contributed by atoms with van der Waals surface area (Å²) < 4.78 is 13.1. The minimum atomic E-state index is -0.198. The van der Waals surface area contributed by atoms with E-state index in [2.05, 4.69) is 24.4 Å². The predicted octanol–water partition coefficient (Wildman–Crippen LogP) is 5.40. The van der Waals surface area contributed by atoms with Gasteiger partial charge in [0.05, 0.1) is 0 Å². The van der Waals surface area contributed by atoms with Gasteiger partial charge in [0.2, 0.25) is 5.91 Å². The van der Waals surface area contributed by atoms with Gasteiger partial charge in [0.15, 0.2) is 0 Å². The van der Waals surface area contributed by atoms with Gasteiger partial charge in [-0.15, -0.1) is 0 Å². The Bertz CT molecular complexity index is 692. The van der Waals surface area contributed by atoms with E-state index in [0.717, 1.165) is 40.3 Å². The zero-order chi connectivity index (χ0) is 17.5. The van der Waals surface area contributed by atoms with Crippen LogP contribution in [0.4, 0.5) is 10.1 Å². The molecule has 0 spiro atoms. The molecule has 24 heavy (non-hydrogen) atoms. The quantitative estimate of drug-likeness (QED) is 0.680. The van der Waals surface area contributed by atoms with Gasteiger partial charge in [0.25, 0.3) is 0 Å². The molecule has 128 valence electrons. The van der Waals surface area contributed by atoms with Crippen molar-refractivity contribution < 1.29 is 9.18 Å². The number of rotatable bonds is 7. The van der Waals surface area contributed by atoms with Crippen molar-refractivity contribution in [3.63, 3.8) is 0 Å². The van der Waals surface area contributed by atoms with Crippen LogP contribution in [0.1, 0.15) is 35.1 Å². The Labute approximate surface area is 147 Å². The summed E-state index contributed by atoms with van der Waals surface area (Å²) in [5.41, 5.74) is 5.31. The highest BCUT2D eigenvalue weighted by Crippen LogP contribution is 2.22. The van der Waals surface area contributed by atoms with Gasteiger partial charge in [-0.05, 0) is 61.8 Å². The number of carbonyl (C=O) groups is 1. The molecule has 2 rings (SSSR count). The van der Waals surface area contributed by atoms with Crippen LogP contribution in [0.15, 0.2) is 36.4 Å². The van der Waals surface area contributed by atoms with E-state index in [4.69, 9.17) is 0 Å². The van der Waals surface area contributed by atoms with Crippen molar-refractivity contribution >= 4 is 23.4 Å². The lowest BCUT2D eigenvalue weighted by Crippen LogP contribution is -2.13. The van der Waals surface area contributed by atoms with Crippen LogP contribution in [-0.2, 0) is 10.5 Å². The van der Waals surface area contributed by atoms with E-state index in [1.54, 1.807) is 23.9 Å². The second-order valence-corrected chi connectivity index (χ2v) is 7.21. The molecule has 0 fully saturated rings. The first-order chi connectivity index (χ1) is 11.5. The number of nitrogens with one attached hydrogen (secondary N) is 1. The molecule has 0 aromatic heterocycles. The molecule has 0 aliphatic rings. The first-order valence-corrected chi connectivity index (χ1v) is 9.31. The number of aryl methyl sites for hydroxylation is 3. The van der Waals surface area contributed by atoms with E-state index in [-0.39, 0.29) is 11.7 Å². The van der Waals surface area contributed by atoms with Crippen LogP contribution in [0.5, 0.6) is 0 Å². The standard InChI is InChI=1S/C20H24FNOS/c1-14-10-15(2)20(16(3)11-14)22-19(23)8-5-9-24-13-17-6-4-7-18(21)12-17/h4,6-7,10-12H,5,8-9,13H2,1-3H3,(H,22,23). The Hall–Kier alpha value is -1.81. The fraction of sp³-hybridized carbons (Fsp3) is 0.350. The number of hydrogen-bond acceptors (Lipinski definition) is 2. The molecular formula is C20H24FNOS. The SMILES string of the molecule is Cc1cc(C)c(NC(=O)CCCSCc2cccc(F)c2)c(C)c1. The Morgan fingerprint density at radius 1 is 1.12 bits per heavy atom. The molecule has 0 atom stereocenters. The van der Waals surface area contributed by atoms with Crippen LogP contribution >= 0.6 is 11.8 Å². The average Bonchev–Trinajstić information content (AvgIpc) is 2.50. The molecule has 1 amide bonds. The van der Waals surface area contributed by atoms with Crippen molar-refractivity contribution in [2.75, 3.05) is 11.1 Å². The van der Waals surface area contributed by atoms with Gasteiger partial charge in [-0.2, -0.15) is 11.8 Å². The highest BCUT2D eigenvalue weighted by Gasteiger charge is 2.08. The van der Waals surface area contributed by atoms with Crippen LogP contribution in [0.25, 0.3) is 0 Å². The molecule has 0 heterocycles. The van der Waals surface area contributed by atoms with Gasteiger partial charge in [-0.3, -0.25) is 4.79 Å². The molecule has 0 saturated heterocycles. The zero-order valence-electron chi connectivity index (χ0n) is 14.5. The highest BCUT2D eigenvalue weighted by molar-refractivity contribution is 7.98. The molecule has 2 aromatic carbocycles. The summed E-state index contributed by atoms with van der Waals surface area (Å²) in [5.74, 6) is 1.51. The molecule has 2 aromatic rings. The van der Waals surface area contributed by atoms with Crippen molar-refractivity contribution in [3.05, 3.63) is 64.5 Å². The van der Waals surface area contributed by atoms with Crippen molar-refractivity contribution in [2.24, 2.45) is 0 Å². The van der Waals surface area contributed by atoms with E-state index in [9.17, 15) is 9.18 Å². The lowest BCUT2D eigenvalue weighted by atomic mass is 10.0. The van der Waals surface area contributed by atoms with E-state index in [1.807, 2.05) is 19.9 Å². The molecular weight excluding hydrogens is 321 g/mol. The molecule has 2 nitrogen and oxygen atoms in total. The Kier molecular flexibility index (Phi) is 6.85. The zero-order valence-corrected chi connectivity index (χ0v) is 15.3. The number of anilines is 1. The summed E-state index contributed by atoms with van der Waals surface area (Å²) in [6.07, 6.45) is 1.32. The maximum absolute atomic E-state index is 13.1. The Morgan fingerprint density at radius 2 is 1.83 bits per heavy atom. The average molecular weight is 345 g/mol. The predicted molar refractivity (Wildman–Crippen MR) is 101 cm³/mol. The van der Waals surface area contributed by atoms with Gasteiger partial charge in [-0.1, -0.05) is 29.8 Å². The molecule has 0 unspecified atom stereocenters. The fourth-order valence-electron chi connectivity index (χ4n) is 2.73. The van der Waals surface area contributed by atoms with Crippen molar-refractivity contribution in [1.29, 1.82) is 0 Å². The Balaban J connectivity index is 1.72. The van der Waals surface area contributed by atoms with E-state index in [0.29, 0.717) is 6.42 Å². The topological polar surface area (TPSA) is 29.1 Å². The fourth-order valence-corrected chi connectivity index (χ4v) is 3.64. The van der Waals surface area contributed by atoms with E-state index < -0.39 is 0 Å². The van der Waals surface area contributed by atoms with Gasteiger partial charge >= 0.3 is 0 Å². The summed E-state index contributed by atoms with van der Waals surface area (Å²) in [6, 6.07) is 10.8. The summed E-state index contributed by atoms with van der Waals surface area (Å²) in [7, 11) is 0. The normalized spacial score (nSPS) is 10.7. The van der Waals surface area contributed by atoms with Crippen molar-refractivity contribution in [3.8, 4) is 0 Å². The molecule has 0 aliphatic heterocycles. The summed E-state index contributed by atoms with van der Waals surface area (Å²) in [4.78, 5) is 12.1. The molecule has 0 aliphatic carbocycles. The van der Waals surface area contributed by atoms with Crippen molar-refractivity contribution in [1.82, 2.24) is 0 Å². The third kappa shape index (κ3) is 5.68. The van der Waals surface area contributed by atoms with Crippen LogP contribution in [-0.4, -0.2) is 11.7 Å². The van der Waals surface area contributed by atoms with Gasteiger partial charge in [-0.25, -0.2) is 4.39 Å². The second kappa shape index (κ2) is 8.88. The number of hydrogen-bond donors (Lipinski definition) is 1. The highest BCUT2D eigenvalue weighted by atomic mass is 32.2. The summed E-state index contributed by atoms with van der Waals surface area (Å²) in [5, 5.41) is 3.02. The summed E-state index contributed by atoms with van der Waals surface area (Å²) in [6.45, 7) is 6.09. The maximum Gasteiger partial charge on any atom is 0.224 e. The van der Waals surface area contributed by atoms with E-state index >= 15 is 0 Å².